The van der Waals surface area contributed by atoms with Crippen molar-refractivity contribution < 1.29 is 14.7 Å². The van der Waals surface area contributed by atoms with E-state index in [4.69, 9.17) is 28.3 Å². The molecule has 2 N–H and O–H groups in total. The molecule has 0 saturated carbocycles. The summed E-state index contributed by atoms with van der Waals surface area (Å²) in [6.45, 7) is 1.70. The topological polar surface area (TPSA) is 66.4 Å². The van der Waals surface area contributed by atoms with Gasteiger partial charge in [-0.2, -0.15) is 0 Å². The van der Waals surface area contributed by atoms with Gasteiger partial charge in [-0.05, 0) is 34.0 Å². The smallest absolute Gasteiger partial charge is 0.303 e. The van der Waals surface area contributed by atoms with Crippen LogP contribution in [0.2, 0.25) is 10.0 Å². The zero-order valence-corrected chi connectivity index (χ0v) is 13.1. The third kappa shape index (κ3) is 5.01. The van der Waals surface area contributed by atoms with E-state index in [2.05, 4.69) is 21.2 Å². The third-order valence-corrected chi connectivity index (χ3v) is 4.14. The zero-order valence-electron chi connectivity index (χ0n) is 10.0. The Morgan fingerprint density at radius 3 is 2.53 bits per heavy atom. The summed E-state index contributed by atoms with van der Waals surface area (Å²) in [7, 11) is 0. The van der Waals surface area contributed by atoms with Gasteiger partial charge in [0.1, 0.15) is 0 Å². The fourth-order valence-corrected chi connectivity index (χ4v) is 2.33. The first kappa shape index (κ1) is 16.3. The molecule has 0 aliphatic rings. The summed E-state index contributed by atoms with van der Waals surface area (Å²) in [4.78, 5) is 22.2. The van der Waals surface area contributed by atoms with Gasteiger partial charge in [0.2, 0.25) is 5.91 Å². The molecular formula is C12H12BrCl2NO3. The Labute approximate surface area is 129 Å². The summed E-state index contributed by atoms with van der Waals surface area (Å²) < 4.78 is 0.636. The molecule has 1 aromatic rings. The highest BCUT2D eigenvalue weighted by Gasteiger charge is 2.15. The maximum absolute atomic E-state index is 11.7. The SMILES string of the molecule is CC(CC(=O)O)CC(=O)Nc1ccc(Br)c(Cl)c1Cl. The van der Waals surface area contributed by atoms with Gasteiger partial charge in [0.25, 0.3) is 0 Å². The molecule has 0 radical (unpaired) electrons. The molecule has 0 aliphatic carbocycles. The van der Waals surface area contributed by atoms with Crippen molar-refractivity contribution in [1.82, 2.24) is 0 Å². The van der Waals surface area contributed by atoms with Crippen LogP contribution in [0.25, 0.3) is 0 Å². The second kappa shape index (κ2) is 7.12. The maximum atomic E-state index is 11.7. The Hall–Kier alpha value is -0.780. The largest absolute Gasteiger partial charge is 0.481 e. The number of carboxylic acid groups (broad SMARTS) is 1. The second-order valence-electron chi connectivity index (χ2n) is 4.18. The summed E-state index contributed by atoms with van der Waals surface area (Å²) in [6, 6.07) is 3.29. The molecule has 0 heterocycles. The first-order chi connectivity index (χ1) is 8.81. The number of carboxylic acids is 1. The minimum Gasteiger partial charge on any atom is -0.481 e. The van der Waals surface area contributed by atoms with Gasteiger partial charge in [0.15, 0.2) is 0 Å². The van der Waals surface area contributed by atoms with Crippen LogP contribution in [-0.2, 0) is 9.59 Å². The van der Waals surface area contributed by atoms with Crippen molar-refractivity contribution in [2.45, 2.75) is 19.8 Å². The molecule has 1 amide bonds. The molecule has 7 heteroatoms. The van der Waals surface area contributed by atoms with Crippen LogP contribution < -0.4 is 5.32 Å². The van der Waals surface area contributed by atoms with E-state index in [-0.39, 0.29) is 29.7 Å². The van der Waals surface area contributed by atoms with Crippen molar-refractivity contribution in [1.29, 1.82) is 0 Å². The number of nitrogens with one attached hydrogen (secondary N) is 1. The molecule has 0 fully saturated rings. The summed E-state index contributed by atoms with van der Waals surface area (Å²) in [5.74, 6) is -1.47. The van der Waals surface area contributed by atoms with Crippen LogP contribution in [0, 0.1) is 5.92 Å². The van der Waals surface area contributed by atoms with Gasteiger partial charge in [0, 0.05) is 17.3 Å². The Kier molecular flexibility index (Phi) is 6.10. The number of hydrogen-bond acceptors (Lipinski definition) is 2. The van der Waals surface area contributed by atoms with Crippen molar-refractivity contribution in [3.63, 3.8) is 0 Å². The third-order valence-electron chi connectivity index (χ3n) is 2.37. The van der Waals surface area contributed by atoms with Gasteiger partial charge in [-0.1, -0.05) is 30.1 Å². The standard InChI is InChI=1S/C12H12BrCl2NO3/c1-6(5-10(18)19)4-9(17)16-8-3-2-7(13)11(14)12(8)15/h2-3,6H,4-5H2,1H3,(H,16,17)(H,18,19). The molecule has 1 aromatic carbocycles. The van der Waals surface area contributed by atoms with E-state index >= 15 is 0 Å². The van der Waals surface area contributed by atoms with E-state index in [0.29, 0.717) is 15.2 Å². The molecule has 104 valence electrons. The maximum Gasteiger partial charge on any atom is 0.303 e. The minimum atomic E-state index is -0.926. The predicted molar refractivity (Wildman–Crippen MR) is 78.8 cm³/mol. The van der Waals surface area contributed by atoms with Crippen LogP contribution >= 0.6 is 39.1 Å². The average molecular weight is 369 g/mol. The molecule has 19 heavy (non-hydrogen) atoms. The van der Waals surface area contributed by atoms with E-state index in [1.54, 1.807) is 19.1 Å². The fourth-order valence-electron chi connectivity index (χ4n) is 1.51. The normalized spacial score (nSPS) is 12.0. The number of benzene rings is 1. The van der Waals surface area contributed by atoms with E-state index < -0.39 is 5.97 Å². The molecule has 4 nitrogen and oxygen atoms in total. The number of anilines is 1. The molecule has 0 spiro atoms. The Bertz CT molecular complexity index is 508. The molecule has 0 aromatic heterocycles. The summed E-state index contributed by atoms with van der Waals surface area (Å²) in [6.07, 6.45) is 0.0541. The van der Waals surface area contributed by atoms with Crippen LogP contribution in [0.1, 0.15) is 19.8 Å². The lowest BCUT2D eigenvalue weighted by atomic mass is 10.0. The molecule has 0 bridgehead atoms. The highest BCUT2D eigenvalue weighted by Crippen LogP contribution is 2.35. The fraction of sp³-hybridized carbons (Fsp3) is 0.333. The molecule has 1 atom stereocenters. The van der Waals surface area contributed by atoms with Crippen LogP contribution in [-0.4, -0.2) is 17.0 Å². The van der Waals surface area contributed by atoms with Gasteiger partial charge < -0.3 is 10.4 Å². The lowest BCUT2D eigenvalue weighted by Gasteiger charge is -2.11. The number of hydrogen-bond donors (Lipinski definition) is 2. The Morgan fingerprint density at radius 2 is 1.95 bits per heavy atom. The zero-order chi connectivity index (χ0) is 14.6. The molecule has 0 saturated heterocycles. The van der Waals surface area contributed by atoms with E-state index in [1.165, 1.54) is 0 Å². The quantitative estimate of drug-likeness (QED) is 0.765. The monoisotopic (exact) mass is 367 g/mol. The first-order valence-electron chi connectivity index (χ1n) is 5.46. The lowest BCUT2D eigenvalue weighted by Crippen LogP contribution is -2.17. The average Bonchev–Trinajstić information content (AvgIpc) is 2.28. The van der Waals surface area contributed by atoms with Gasteiger partial charge in [-0.3, -0.25) is 9.59 Å². The second-order valence-corrected chi connectivity index (χ2v) is 5.79. The van der Waals surface area contributed by atoms with Crippen molar-refractivity contribution in [3.05, 3.63) is 26.7 Å². The minimum absolute atomic E-state index is 0.0533. The molecular weight excluding hydrogens is 357 g/mol. The van der Waals surface area contributed by atoms with E-state index in [9.17, 15) is 9.59 Å². The number of carbonyl (C=O) groups excluding carboxylic acids is 1. The summed E-state index contributed by atoms with van der Waals surface area (Å²) in [5.41, 5.74) is 0.405. The first-order valence-corrected chi connectivity index (χ1v) is 7.01. The molecule has 1 unspecified atom stereocenters. The van der Waals surface area contributed by atoms with Gasteiger partial charge >= 0.3 is 5.97 Å². The van der Waals surface area contributed by atoms with Crippen molar-refractivity contribution in [3.8, 4) is 0 Å². The highest BCUT2D eigenvalue weighted by atomic mass is 79.9. The van der Waals surface area contributed by atoms with Crippen LogP contribution in [0.15, 0.2) is 16.6 Å². The predicted octanol–water partition coefficient (Wildman–Crippen LogP) is 4.20. The van der Waals surface area contributed by atoms with Gasteiger partial charge in [-0.15, -0.1) is 0 Å². The number of rotatable bonds is 5. The van der Waals surface area contributed by atoms with Gasteiger partial charge in [0.05, 0.1) is 15.7 Å². The highest BCUT2D eigenvalue weighted by molar-refractivity contribution is 9.10. The van der Waals surface area contributed by atoms with E-state index in [0.717, 1.165) is 0 Å². The van der Waals surface area contributed by atoms with Gasteiger partial charge in [-0.25, -0.2) is 0 Å². The number of halogens is 3. The number of carbonyl (C=O) groups is 2. The van der Waals surface area contributed by atoms with Crippen LogP contribution in [0.5, 0.6) is 0 Å². The van der Waals surface area contributed by atoms with Crippen LogP contribution in [0.4, 0.5) is 5.69 Å². The summed E-state index contributed by atoms with van der Waals surface area (Å²) >= 11 is 15.1. The van der Waals surface area contributed by atoms with E-state index in [1.807, 2.05) is 0 Å². The van der Waals surface area contributed by atoms with Crippen molar-refractivity contribution in [2.24, 2.45) is 5.92 Å². The van der Waals surface area contributed by atoms with Crippen molar-refractivity contribution in [2.75, 3.05) is 5.32 Å². The van der Waals surface area contributed by atoms with Crippen LogP contribution in [0.3, 0.4) is 0 Å². The molecule has 0 aliphatic heterocycles. The summed E-state index contributed by atoms with van der Waals surface area (Å²) in [5, 5.41) is 11.8. The molecule has 1 rings (SSSR count). The number of aliphatic carboxylic acids is 1. The number of amides is 1. The lowest BCUT2D eigenvalue weighted by molar-refractivity contribution is -0.138. The van der Waals surface area contributed by atoms with Crippen molar-refractivity contribution >= 4 is 56.7 Å². The Morgan fingerprint density at radius 1 is 1.32 bits per heavy atom. The Balaban J connectivity index is 2.67.